The highest BCUT2D eigenvalue weighted by Crippen LogP contribution is 2.21. The molecule has 2 atom stereocenters. The van der Waals surface area contributed by atoms with Crippen molar-refractivity contribution < 1.29 is 9.18 Å². The number of pyridine rings is 1. The van der Waals surface area contributed by atoms with Crippen molar-refractivity contribution in [2.75, 3.05) is 31.1 Å². The molecule has 0 bridgehead atoms. The third-order valence-electron chi connectivity index (χ3n) is 4.50. The lowest BCUT2D eigenvalue weighted by Gasteiger charge is -2.33. The molecule has 6 heteroatoms. The first-order valence-corrected chi connectivity index (χ1v) is 8.10. The lowest BCUT2D eigenvalue weighted by Crippen LogP contribution is -2.45. The number of carbonyl (C=O) groups is 1. The predicted molar refractivity (Wildman–Crippen MR) is 83.2 cm³/mol. The molecule has 1 amide bonds. The molecule has 0 aliphatic carbocycles. The Kier molecular flexibility index (Phi) is 4.87. The van der Waals surface area contributed by atoms with Crippen LogP contribution in [-0.2, 0) is 4.79 Å². The zero-order valence-electron chi connectivity index (χ0n) is 12.7. The lowest BCUT2D eigenvalue weighted by atomic mass is 9.98. The number of carbonyl (C=O) groups excluding carboxylic acids is 1. The zero-order chi connectivity index (χ0) is 15.4. The SMILES string of the molecule is O=C(NCC1CCCN(c2ccc(F)cn2)C1)C1CCCN1. The van der Waals surface area contributed by atoms with Crippen LogP contribution < -0.4 is 15.5 Å². The lowest BCUT2D eigenvalue weighted by molar-refractivity contribution is -0.122. The van der Waals surface area contributed by atoms with E-state index in [1.54, 1.807) is 6.07 Å². The second-order valence-corrected chi connectivity index (χ2v) is 6.18. The van der Waals surface area contributed by atoms with Gasteiger partial charge < -0.3 is 15.5 Å². The highest BCUT2D eigenvalue weighted by molar-refractivity contribution is 5.81. The summed E-state index contributed by atoms with van der Waals surface area (Å²) in [5.41, 5.74) is 0. The largest absolute Gasteiger partial charge is 0.356 e. The number of nitrogens with zero attached hydrogens (tertiary/aromatic N) is 2. The normalized spacial score (nSPS) is 25.2. The van der Waals surface area contributed by atoms with Crippen LogP contribution in [0.15, 0.2) is 18.3 Å². The van der Waals surface area contributed by atoms with Crippen molar-refractivity contribution in [3.8, 4) is 0 Å². The van der Waals surface area contributed by atoms with E-state index in [0.717, 1.165) is 51.1 Å². The molecular formula is C16H23FN4O. The van der Waals surface area contributed by atoms with E-state index in [2.05, 4.69) is 20.5 Å². The first kappa shape index (κ1) is 15.2. The number of anilines is 1. The summed E-state index contributed by atoms with van der Waals surface area (Å²) in [6, 6.07) is 3.15. The van der Waals surface area contributed by atoms with E-state index in [1.165, 1.54) is 12.3 Å². The van der Waals surface area contributed by atoms with Gasteiger partial charge in [0.25, 0.3) is 0 Å². The molecule has 0 aromatic carbocycles. The Morgan fingerprint density at radius 2 is 2.32 bits per heavy atom. The molecule has 2 saturated heterocycles. The van der Waals surface area contributed by atoms with Crippen molar-refractivity contribution in [2.24, 2.45) is 5.92 Å². The molecule has 0 saturated carbocycles. The summed E-state index contributed by atoms with van der Waals surface area (Å²) in [5, 5.41) is 6.28. The van der Waals surface area contributed by atoms with Crippen LogP contribution in [0.25, 0.3) is 0 Å². The maximum absolute atomic E-state index is 13.0. The minimum Gasteiger partial charge on any atom is -0.356 e. The van der Waals surface area contributed by atoms with Gasteiger partial charge >= 0.3 is 0 Å². The van der Waals surface area contributed by atoms with Crippen LogP contribution in [0.4, 0.5) is 10.2 Å². The number of amides is 1. The summed E-state index contributed by atoms with van der Waals surface area (Å²) >= 11 is 0. The molecule has 2 fully saturated rings. The van der Waals surface area contributed by atoms with Crippen LogP contribution in [0.3, 0.4) is 0 Å². The first-order chi connectivity index (χ1) is 10.7. The molecule has 2 N–H and O–H groups in total. The van der Waals surface area contributed by atoms with Crippen LogP contribution in [-0.4, -0.2) is 43.1 Å². The summed E-state index contributed by atoms with van der Waals surface area (Å²) in [4.78, 5) is 18.4. The van der Waals surface area contributed by atoms with Crippen molar-refractivity contribution in [1.29, 1.82) is 0 Å². The summed E-state index contributed by atoms with van der Waals surface area (Å²) < 4.78 is 13.0. The fourth-order valence-electron chi connectivity index (χ4n) is 3.27. The van der Waals surface area contributed by atoms with E-state index in [9.17, 15) is 9.18 Å². The number of aromatic nitrogens is 1. The minimum absolute atomic E-state index is 0.0153. The standard InChI is InChI=1S/C16H23FN4O/c17-13-5-6-15(19-10-13)21-8-2-3-12(11-21)9-20-16(22)14-4-1-7-18-14/h5-6,10,12,14,18H,1-4,7-9,11H2,(H,20,22). The minimum atomic E-state index is -0.311. The second kappa shape index (κ2) is 7.05. The Bertz CT molecular complexity index is 501. The molecule has 3 rings (SSSR count). The van der Waals surface area contributed by atoms with Gasteiger partial charge in [-0.1, -0.05) is 0 Å². The Labute approximate surface area is 130 Å². The molecule has 0 radical (unpaired) electrons. The average Bonchev–Trinajstić information content (AvgIpc) is 3.08. The van der Waals surface area contributed by atoms with Gasteiger partial charge in [0.2, 0.25) is 5.91 Å². The van der Waals surface area contributed by atoms with Crippen LogP contribution in [0.1, 0.15) is 25.7 Å². The van der Waals surface area contributed by atoms with Crippen molar-refractivity contribution >= 4 is 11.7 Å². The quantitative estimate of drug-likeness (QED) is 0.880. The van der Waals surface area contributed by atoms with Crippen molar-refractivity contribution in [3.05, 3.63) is 24.1 Å². The number of hydrogen-bond acceptors (Lipinski definition) is 4. The second-order valence-electron chi connectivity index (χ2n) is 6.18. The van der Waals surface area contributed by atoms with Crippen LogP contribution in [0, 0.1) is 11.7 Å². The monoisotopic (exact) mass is 306 g/mol. The first-order valence-electron chi connectivity index (χ1n) is 8.10. The summed E-state index contributed by atoms with van der Waals surface area (Å²) in [7, 11) is 0. The van der Waals surface area contributed by atoms with Gasteiger partial charge in [-0.3, -0.25) is 4.79 Å². The Balaban J connectivity index is 1.50. The van der Waals surface area contributed by atoms with Gasteiger partial charge in [0.05, 0.1) is 12.2 Å². The Morgan fingerprint density at radius 3 is 3.05 bits per heavy atom. The van der Waals surface area contributed by atoms with Crippen LogP contribution in [0.2, 0.25) is 0 Å². The molecule has 5 nitrogen and oxygen atoms in total. The fraction of sp³-hybridized carbons (Fsp3) is 0.625. The Morgan fingerprint density at radius 1 is 1.41 bits per heavy atom. The van der Waals surface area contributed by atoms with Crippen LogP contribution in [0.5, 0.6) is 0 Å². The molecule has 1 aromatic rings. The maximum atomic E-state index is 13.0. The van der Waals surface area contributed by atoms with E-state index in [1.807, 2.05) is 0 Å². The molecule has 2 aliphatic rings. The van der Waals surface area contributed by atoms with Gasteiger partial charge in [0, 0.05) is 19.6 Å². The molecule has 2 unspecified atom stereocenters. The number of nitrogens with one attached hydrogen (secondary N) is 2. The number of hydrogen-bond donors (Lipinski definition) is 2. The van der Waals surface area contributed by atoms with Gasteiger partial charge in [0.1, 0.15) is 11.6 Å². The highest BCUT2D eigenvalue weighted by Gasteiger charge is 2.25. The molecule has 2 aliphatic heterocycles. The molecule has 0 spiro atoms. The third-order valence-corrected chi connectivity index (χ3v) is 4.50. The topological polar surface area (TPSA) is 57.3 Å². The number of halogens is 1. The van der Waals surface area contributed by atoms with Crippen molar-refractivity contribution in [1.82, 2.24) is 15.6 Å². The summed E-state index contributed by atoms with van der Waals surface area (Å²) in [6.07, 6.45) is 5.44. The van der Waals surface area contributed by atoms with Gasteiger partial charge in [-0.2, -0.15) is 0 Å². The molecular weight excluding hydrogens is 283 g/mol. The van der Waals surface area contributed by atoms with Crippen LogP contribution >= 0.6 is 0 Å². The van der Waals surface area contributed by atoms with E-state index in [4.69, 9.17) is 0 Å². The molecule has 22 heavy (non-hydrogen) atoms. The summed E-state index contributed by atoms with van der Waals surface area (Å²) in [6.45, 7) is 3.44. The smallest absolute Gasteiger partial charge is 0.237 e. The van der Waals surface area contributed by atoms with Gasteiger partial charge in [0.15, 0.2) is 0 Å². The molecule has 1 aromatic heterocycles. The number of rotatable bonds is 4. The molecule has 3 heterocycles. The van der Waals surface area contributed by atoms with Gasteiger partial charge in [-0.15, -0.1) is 0 Å². The number of piperidine rings is 1. The third kappa shape index (κ3) is 3.74. The maximum Gasteiger partial charge on any atom is 0.237 e. The predicted octanol–water partition coefficient (Wildman–Crippen LogP) is 1.31. The van der Waals surface area contributed by atoms with E-state index in [0.29, 0.717) is 12.5 Å². The van der Waals surface area contributed by atoms with Gasteiger partial charge in [-0.05, 0) is 50.3 Å². The van der Waals surface area contributed by atoms with E-state index < -0.39 is 0 Å². The summed E-state index contributed by atoms with van der Waals surface area (Å²) in [5.74, 6) is 1.05. The molecule has 120 valence electrons. The zero-order valence-corrected chi connectivity index (χ0v) is 12.7. The van der Waals surface area contributed by atoms with Crippen molar-refractivity contribution in [3.63, 3.8) is 0 Å². The fourth-order valence-corrected chi connectivity index (χ4v) is 3.27. The highest BCUT2D eigenvalue weighted by atomic mass is 19.1. The van der Waals surface area contributed by atoms with Crippen molar-refractivity contribution in [2.45, 2.75) is 31.7 Å². The Hall–Kier alpha value is -1.69. The average molecular weight is 306 g/mol. The van der Waals surface area contributed by atoms with E-state index >= 15 is 0 Å². The van der Waals surface area contributed by atoms with E-state index in [-0.39, 0.29) is 17.8 Å². The van der Waals surface area contributed by atoms with Gasteiger partial charge in [-0.25, -0.2) is 9.37 Å².